The van der Waals surface area contributed by atoms with Crippen molar-refractivity contribution in [3.05, 3.63) is 46.0 Å². The van der Waals surface area contributed by atoms with Gasteiger partial charge >= 0.3 is 6.23 Å². The SMILES string of the molecule is CS(=O)(=O)OC(Cc1ccccc1)[N+](=O)[O-]. The van der Waals surface area contributed by atoms with E-state index in [0.717, 1.165) is 6.26 Å². The third-order valence-electron chi connectivity index (χ3n) is 1.77. The second kappa shape index (κ2) is 5.04. The molecule has 1 atom stereocenters. The van der Waals surface area contributed by atoms with Crippen molar-refractivity contribution in [2.24, 2.45) is 0 Å². The van der Waals surface area contributed by atoms with Crippen LogP contribution in [0.1, 0.15) is 5.56 Å². The van der Waals surface area contributed by atoms with Gasteiger partial charge < -0.3 is 0 Å². The summed E-state index contributed by atoms with van der Waals surface area (Å²) < 4.78 is 26.0. The van der Waals surface area contributed by atoms with Gasteiger partial charge in [-0.15, -0.1) is 0 Å². The van der Waals surface area contributed by atoms with E-state index >= 15 is 0 Å². The maximum atomic E-state index is 10.8. The third kappa shape index (κ3) is 4.37. The van der Waals surface area contributed by atoms with Gasteiger partial charge in [-0.2, -0.15) is 12.6 Å². The number of benzene rings is 1. The quantitative estimate of drug-likeness (QED) is 0.331. The zero-order valence-corrected chi connectivity index (χ0v) is 9.38. The summed E-state index contributed by atoms with van der Waals surface area (Å²) in [6.45, 7) is 0. The first-order valence-electron chi connectivity index (χ1n) is 4.44. The topological polar surface area (TPSA) is 86.5 Å². The van der Waals surface area contributed by atoms with Crippen LogP contribution in [0, 0.1) is 10.1 Å². The van der Waals surface area contributed by atoms with Gasteiger partial charge in [0.2, 0.25) is 0 Å². The number of hydrogen-bond acceptors (Lipinski definition) is 5. The maximum absolute atomic E-state index is 10.8. The van der Waals surface area contributed by atoms with E-state index in [0.29, 0.717) is 5.56 Å². The third-order valence-corrected chi connectivity index (χ3v) is 2.35. The van der Waals surface area contributed by atoms with Gasteiger partial charge in [-0.3, -0.25) is 10.1 Å². The molecule has 0 fully saturated rings. The van der Waals surface area contributed by atoms with Gasteiger partial charge in [0.05, 0.1) is 17.6 Å². The average molecular weight is 245 g/mol. The molecule has 1 unspecified atom stereocenters. The van der Waals surface area contributed by atoms with Crippen LogP contribution in [-0.2, 0) is 20.7 Å². The van der Waals surface area contributed by atoms with Gasteiger partial charge in [-0.25, -0.2) is 0 Å². The van der Waals surface area contributed by atoms with E-state index in [9.17, 15) is 18.5 Å². The van der Waals surface area contributed by atoms with Crippen molar-refractivity contribution in [2.45, 2.75) is 12.6 Å². The van der Waals surface area contributed by atoms with Crippen molar-refractivity contribution >= 4 is 10.1 Å². The number of nitro groups is 1. The minimum Gasteiger partial charge on any atom is -0.262 e. The molecule has 1 aromatic rings. The Hall–Kier alpha value is -1.47. The maximum Gasteiger partial charge on any atom is 0.333 e. The van der Waals surface area contributed by atoms with Gasteiger partial charge in [-0.05, 0) is 5.56 Å². The summed E-state index contributed by atoms with van der Waals surface area (Å²) in [7, 11) is -3.83. The highest BCUT2D eigenvalue weighted by Crippen LogP contribution is 2.08. The zero-order chi connectivity index (χ0) is 12.2. The molecule has 0 radical (unpaired) electrons. The minimum absolute atomic E-state index is 0.0824. The van der Waals surface area contributed by atoms with Gasteiger partial charge in [0.1, 0.15) is 0 Å². The largest absolute Gasteiger partial charge is 0.333 e. The van der Waals surface area contributed by atoms with Crippen LogP contribution in [-0.4, -0.2) is 25.8 Å². The van der Waals surface area contributed by atoms with Crippen molar-refractivity contribution in [1.29, 1.82) is 0 Å². The Morgan fingerprint density at radius 2 is 1.94 bits per heavy atom. The summed E-state index contributed by atoms with van der Waals surface area (Å²) in [4.78, 5) is 9.84. The van der Waals surface area contributed by atoms with E-state index < -0.39 is 21.3 Å². The molecule has 0 saturated carbocycles. The summed E-state index contributed by atoms with van der Waals surface area (Å²) in [5.41, 5.74) is 0.646. The van der Waals surface area contributed by atoms with Crippen LogP contribution in [0.5, 0.6) is 0 Å². The molecule has 0 N–H and O–H groups in total. The van der Waals surface area contributed by atoms with Crippen molar-refractivity contribution in [3.63, 3.8) is 0 Å². The van der Waals surface area contributed by atoms with E-state index in [1.54, 1.807) is 30.3 Å². The van der Waals surface area contributed by atoms with Gasteiger partial charge in [-0.1, -0.05) is 30.3 Å². The fraction of sp³-hybridized carbons (Fsp3) is 0.333. The van der Waals surface area contributed by atoms with Crippen LogP contribution in [0.15, 0.2) is 30.3 Å². The minimum atomic E-state index is -3.83. The first-order chi connectivity index (χ1) is 7.38. The van der Waals surface area contributed by atoms with E-state index in [1.807, 2.05) is 0 Å². The predicted molar refractivity (Wildman–Crippen MR) is 56.9 cm³/mol. The summed E-state index contributed by atoms with van der Waals surface area (Å²) in [5.74, 6) is 0. The van der Waals surface area contributed by atoms with E-state index in [4.69, 9.17) is 0 Å². The number of hydrogen-bond donors (Lipinski definition) is 0. The number of nitrogens with zero attached hydrogens (tertiary/aromatic N) is 1. The molecule has 0 aliphatic carbocycles. The summed E-state index contributed by atoms with van der Waals surface area (Å²) in [6, 6.07) is 8.53. The summed E-state index contributed by atoms with van der Waals surface area (Å²) in [6.07, 6.45) is -0.868. The van der Waals surface area contributed by atoms with Crippen molar-refractivity contribution in [3.8, 4) is 0 Å². The molecule has 1 aromatic carbocycles. The molecule has 0 spiro atoms. The highest BCUT2D eigenvalue weighted by Gasteiger charge is 2.26. The Balaban J connectivity index is 2.77. The number of rotatable bonds is 5. The van der Waals surface area contributed by atoms with Crippen LogP contribution in [0.2, 0.25) is 0 Å². The molecular formula is C9H11NO5S. The fourth-order valence-electron chi connectivity index (χ4n) is 1.16. The van der Waals surface area contributed by atoms with E-state index in [2.05, 4.69) is 4.18 Å². The van der Waals surface area contributed by atoms with Crippen molar-refractivity contribution in [1.82, 2.24) is 0 Å². The van der Waals surface area contributed by atoms with Crippen molar-refractivity contribution in [2.75, 3.05) is 6.26 Å². The van der Waals surface area contributed by atoms with Crippen LogP contribution >= 0.6 is 0 Å². The van der Waals surface area contributed by atoms with Crippen LogP contribution < -0.4 is 0 Å². The second-order valence-corrected chi connectivity index (χ2v) is 4.83. The molecule has 0 aliphatic rings. The lowest BCUT2D eigenvalue weighted by Gasteiger charge is -2.08. The van der Waals surface area contributed by atoms with Gasteiger partial charge in [0.25, 0.3) is 10.1 Å². The van der Waals surface area contributed by atoms with Crippen molar-refractivity contribution < 1.29 is 17.5 Å². The molecule has 0 amide bonds. The lowest BCUT2D eigenvalue weighted by atomic mass is 10.1. The molecule has 0 aliphatic heterocycles. The zero-order valence-electron chi connectivity index (χ0n) is 8.57. The fourth-order valence-corrected chi connectivity index (χ4v) is 1.70. The van der Waals surface area contributed by atoms with Gasteiger partial charge in [0.15, 0.2) is 0 Å². The van der Waals surface area contributed by atoms with Crippen LogP contribution in [0.3, 0.4) is 0 Å². The molecular weight excluding hydrogens is 234 g/mol. The second-order valence-electron chi connectivity index (χ2n) is 3.23. The van der Waals surface area contributed by atoms with Gasteiger partial charge in [0, 0.05) is 0 Å². The Kier molecular flexibility index (Phi) is 3.97. The normalized spacial score (nSPS) is 13.3. The molecule has 1 rings (SSSR count). The molecule has 0 heterocycles. The molecule has 0 bridgehead atoms. The predicted octanol–water partition coefficient (Wildman–Crippen LogP) is 0.808. The lowest BCUT2D eigenvalue weighted by molar-refractivity contribution is -0.562. The summed E-state index contributed by atoms with van der Waals surface area (Å²) in [5, 5.41) is 10.6. The average Bonchev–Trinajstić information content (AvgIpc) is 2.16. The highest BCUT2D eigenvalue weighted by molar-refractivity contribution is 7.86. The lowest BCUT2D eigenvalue weighted by Crippen LogP contribution is -2.28. The Bertz CT molecular complexity index is 456. The summed E-state index contributed by atoms with van der Waals surface area (Å²) >= 11 is 0. The molecule has 88 valence electrons. The Morgan fingerprint density at radius 3 is 2.38 bits per heavy atom. The first-order valence-corrected chi connectivity index (χ1v) is 6.26. The molecule has 0 aromatic heterocycles. The highest BCUT2D eigenvalue weighted by atomic mass is 32.2. The van der Waals surface area contributed by atoms with Crippen LogP contribution in [0.4, 0.5) is 0 Å². The Labute approximate surface area is 93.1 Å². The molecule has 0 saturated heterocycles. The monoisotopic (exact) mass is 245 g/mol. The van der Waals surface area contributed by atoms with E-state index in [1.165, 1.54) is 0 Å². The van der Waals surface area contributed by atoms with E-state index in [-0.39, 0.29) is 6.42 Å². The molecule has 7 heteroatoms. The first kappa shape index (κ1) is 12.6. The Morgan fingerprint density at radius 1 is 1.38 bits per heavy atom. The molecule has 6 nitrogen and oxygen atoms in total. The molecule has 16 heavy (non-hydrogen) atoms. The standard InChI is InChI=1S/C9H11NO5S/c1-16(13,14)15-9(10(11)12)7-8-5-3-2-4-6-8/h2-6,9H,7H2,1H3. The smallest absolute Gasteiger partial charge is 0.262 e. The van der Waals surface area contributed by atoms with Crippen LogP contribution in [0.25, 0.3) is 0 Å².